The molecule has 0 heterocycles. The fraction of sp³-hybridized carbons (Fsp3) is 0.692. The Kier molecular flexibility index (Phi) is 4.22. The van der Waals surface area contributed by atoms with Crippen LogP contribution in [0.3, 0.4) is 0 Å². The van der Waals surface area contributed by atoms with Gasteiger partial charge in [0.1, 0.15) is 0 Å². The molecule has 0 spiro atoms. The van der Waals surface area contributed by atoms with Gasteiger partial charge in [0.2, 0.25) is 0 Å². The molecule has 0 aromatic rings. The minimum Gasteiger partial charge on any atom is -0.0993 e. The third-order valence-corrected chi connectivity index (χ3v) is 9.53. The molecule has 26 heavy (non-hydrogen) atoms. The summed E-state index contributed by atoms with van der Waals surface area (Å²) in [5.41, 5.74) is 7.47. The third-order valence-electron chi connectivity index (χ3n) is 9.53. The number of rotatable bonds is 3. The highest BCUT2D eigenvalue weighted by Gasteiger charge is 2.61. The molecule has 5 unspecified atom stereocenters. The first-order chi connectivity index (χ1) is 12.3. The molecular weight excluding hydrogens is 312 g/mol. The topological polar surface area (TPSA) is 0 Å². The van der Waals surface area contributed by atoms with Crippen LogP contribution in [0.2, 0.25) is 0 Å². The van der Waals surface area contributed by atoms with Crippen LogP contribution in [-0.2, 0) is 0 Å². The SMILES string of the molecule is C=C1C=C2CCC3C(=CCC4(C)C3CCC4(CC)C(=C)CC)C2(C)CC1. The molecule has 0 saturated heterocycles. The van der Waals surface area contributed by atoms with E-state index in [1.165, 1.54) is 62.5 Å². The van der Waals surface area contributed by atoms with Gasteiger partial charge >= 0.3 is 0 Å². The van der Waals surface area contributed by atoms with Crippen LogP contribution in [0.1, 0.15) is 85.5 Å². The predicted molar refractivity (Wildman–Crippen MR) is 113 cm³/mol. The summed E-state index contributed by atoms with van der Waals surface area (Å²) in [4.78, 5) is 0. The van der Waals surface area contributed by atoms with E-state index in [2.05, 4.69) is 53.0 Å². The predicted octanol–water partition coefficient (Wildman–Crippen LogP) is 7.79. The number of hydrogen-bond donors (Lipinski definition) is 0. The molecule has 0 nitrogen and oxygen atoms in total. The van der Waals surface area contributed by atoms with Crippen molar-refractivity contribution >= 4 is 0 Å². The van der Waals surface area contributed by atoms with E-state index in [1.807, 2.05) is 0 Å². The lowest BCUT2D eigenvalue weighted by molar-refractivity contribution is 0.0348. The Balaban J connectivity index is 1.77. The summed E-state index contributed by atoms with van der Waals surface area (Å²) in [6.45, 7) is 18.7. The molecule has 2 saturated carbocycles. The van der Waals surface area contributed by atoms with E-state index >= 15 is 0 Å². The highest BCUT2D eigenvalue weighted by Crippen LogP contribution is 2.70. The Labute approximate surface area is 161 Å². The van der Waals surface area contributed by atoms with Crippen LogP contribution in [0, 0.1) is 28.1 Å². The van der Waals surface area contributed by atoms with Gasteiger partial charge in [-0.3, -0.25) is 0 Å². The standard InChI is InChI=1S/C26H38/c1-7-19(4)26(8-2)16-13-23-21-10-9-20-17-18(3)11-14-24(20,5)22(21)12-15-25(23,26)6/h12,17,21,23H,3-4,7-11,13-16H2,1-2,5-6H3. The monoisotopic (exact) mass is 350 g/mol. The first-order valence-electron chi connectivity index (χ1n) is 11.1. The maximum absolute atomic E-state index is 4.59. The van der Waals surface area contributed by atoms with E-state index in [4.69, 9.17) is 0 Å². The van der Waals surface area contributed by atoms with Crippen molar-refractivity contribution < 1.29 is 0 Å². The molecule has 0 N–H and O–H groups in total. The zero-order valence-corrected chi connectivity index (χ0v) is 17.6. The molecule has 0 heteroatoms. The molecule has 4 aliphatic carbocycles. The van der Waals surface area contributed by atoms with E-state index in [9.17, 15) is 0 Å². The first-order valence-corrected chi connectivity index (χ1v) is 11.1. The highest BCUT2D eigenvalue weighted by molar-refractivity contribution is 5.43. The second kappa shape index (κ2) is 5.98. The Bertz CT molecular complexity index is 704. The lowest BCUT2D eigenvalue weighted by atomic mass is 9.48. The lowest BCUT2D eigenvalue weighted by Crippen LogP contribution is -2.47. The van der Waals surface area contributed by atoms with Crippen molar-refractivity contribution in [2.24, 2.45) is 28.1 Å². The zero-order chi connectivity index (χ0) is 18.7. The Hall–Kier alpha value is -1.04. The minimum absolute atomic E-state index is 0.324. The second-order valence-corrected chi connectivity index (χ2v) is 10.1. The van der Waals surface area contributed by atoms with E-state index in [0.29, 0.717) is 16.2 Å². The summed E-state index contributed by atoms with van der Waals surface area (Å²) in [7, 11) is 0. The molecule has 4 rings (SSSR count). The van der Waals surface area contributed by atoms with Gasteiger partial charge in [-0.15, -0.1) is 0 Å². The summed E-state index contributed by atoms with van der Waals surface area (Å²) < 4.78 is 0. The van der Waals surface area contributed by atoms with E-state index in [0.717, 1.165) is 18.3 Å². The van der Waals surface area contributed by atoms with E-state index in [-0.39, 0.29) is 0 Å². The maximum Gasteiger partial charge on any atom is 0.0101 e. The third kappa shape index (κ3) is 2.14. The van der Waals surface area contributed by atoms with Crippen molar-refractivity contribution in [3.05, 3.63) is 47.6 Å². The van der Waals surface area contributed by atoms with Crippen molar-refractivity contribution in [2.75, 3.05) is 0 Å². The van der Waals surface area contributed by atoms with E-state index in [1.54, 1.807) is 11.1 Å². The van der Waals surface area contributed by atoms with Gasteiger partial charge in [0.05, 0.1) is 0 Å². The summed E-state index contributed by atoms with van der Waals surface area (Å²) in [5.74, 6) is 1.66. The molecule has 0 amide bonds. The zero-order valence-electron chi connectivity index (χ0n) is 17.6. The molecular formula is C26H38. The highest BCUT2D eigenvalue weighted by atomic mass is 14.7. The minimum atomic E-state index is 0.324. The number of allylic oxidation sites excluding steroid dienone is 6. The van der Waals surface area contributed by atoms with Crippen LogP contribution in [-0.4, -0.2) is 0 Å². The van der Waals surface area contributed by atoms with Gasteiger partial charge in [-0.05, 0) is 80.5 Å². The van der Waals surface area contributed by atoms with Crippen LogP contribution < -0.4 is 0 Å². The van der Waals surface area contributed by atoms with Crippen LogP contribution in [0.4, 0.5) is 0 Å². The maximum atomic E-state index is 4.59. The summed E-state index contributed by atoms with van der Waals surface area (Å²) in [5, 5.41) is 0. The van der Waals surface area contributed by atoms with Crippen molar-refractivity contribution in [1.29, 1.82) is 0 Å². The van der Waals surface area contributed by atoms with Crippen molar-refractivity contribution in [1.82, 2.24) is 0 Å². The summed E-state index contributed by atoms with van der Waals surface area (Å²) in [6, 6.07) is 0. The lowest BCUT2D eigenvalue weighted by Gasteiger charge is -2.56. The van der Waals surface area contributed by atoms with E-state index < -0.39 is 0 Å². The van der Waals surface area contributed by atoms with Gasteiger partial charge in [-0.1, -0.05) is 75.3 Å². The van der Waals surface area contributed by atoms with Gasteiger partial charge in [0, 0.05) is 5.41 Å². The average molecular weight is 351 g/mol. The largest absolute Gasteiger partial charge is 0.0993 e. The van der Waals surface area contributed by atoms with Gasteiger partial charge in [0.25, 0.3) is 0 Å². The number of fused-ring (bicyclic) bond motifs is 5. The van der Waals surface area contributed by atoms with Crippen LogP contribution in [0.25, 0.3) is 0 Å². The normalized spacial score (nSPS) is 44.5. The Morgan fingerprint density at radius 2 is 1.92 bits per heavy atom. The van der Waals surface area contributed by atoms with Crippen LogP contribution in [0.5, 0.6) is 0 Å². The van der Waals surface area contributed by atoms with Gasteiger partial charge in [0.15, 0.2) is 0 Å². The Morgan fingerprint density at radius 3 is 2.62 bits per heavy atom. The Morgan fingerprint density at radius 1 is 1.15 bits per heavy atom. The molecule has 4 aliphatic rings. The van der Waals surface area contributed by atoms with Crippen LogP contribution in [0.15, 0.2) is 47.6 Å². The first kappa shape index (κ1) is 18.3. The summed E-state index contributed by atoms with van der Waals surface area (Å²) in [6.07, 6.45) is 16.7. The second-order valence-electron chi connectivity index (χ2n) is 10.1. The molecule has 0 radical (unpaired) electrons. The average Bonchev–Trinajstić information content (AvgIpc) is 2.95. The van der Waals surface area contributed by atoms with Gasteiger partial charge < -0.3 is 0 Å². The number of hydrogen-bond acceptors (Lipinski definition) is 0. The smallest absolute Gasteiger partial charge is 0.0101 e. The molecule has 5 atom stereocenters. The van der Waals surface area contributed by atoms with Gasteiger partial charge in [-0.2, -0.15) is 0 Å². The quantitative estimate of drug-likeness (QED) is 0.456. The summed E-state index contributed by atoms with van der Waals surface area (Å²) >= 11 is 0. The molecule has 0 bridgehead atoms. The molecule has 0 aromatic carbocycles. The fourth-order valence-corrected chi connectivity index (χ4v) is 7.82. The molecule has 2 fully saturated rings. The molecule has 0 aromatic heterocycles. The molecule has 0 aliphatic heterocycles. The van der Waals surface area contributed by atoms with Crippen LogP contribution >= 0.6 is 0 Å². The molecule has 142 valence electrons. The van der Waals surface area contributed by atoms with Crippen molar-refractivity contribution in [3.8, 4) is 0 Å². The van der Waals surface area contributed by atoms with Crippen molar-refractivity contribution in [2.45, 2.75) is 85.5 Å². The van der Waals surface area contributed by atoms with Crippen molar-refractivity contribution in [3.63, 3.8) is 0 Å². The van der Waals surface area contributed by atoms with Gasteiger partial charge in [-0.25, -0.2) is 0 Å². The fourth-order valence-electron chi connectivity index (χ4n) is 7.82.